The number of benzene rings is 2. The van der Waals surface area contributed by atoms with Crippen LogP contribution in [0.15, 0.2) is 42.5 Å². The maximum atomic E-state index is 8.96. The molecule has 0 aliphatic rings. The Morgan fingerprint density at radius 2 is 1.79 bits per heavy atom. The van der Waals surface area contributed by atoms with Gasteiger partial charge in [-0.3, -0.25) is 0 Å². The highest BCUT2D eigenvalue weighted by atomic mass is 16.3. The van der Waals surface area contributed by atoms with Crippen LogP contribution in [0.25, 0.3) is 0 Å². The van der Waals surface area contributed by atoms with Crippen LogP contribution in [-0.2, 0) is 13.2 Å². The molecule has 0 saturated heterocycles. The Morgan fingerprint density at radius 3 is 2.42 bits per heavy atom. The van der Waals surface area contributed by atoms with Crippen molar-refractivity contribution in [3.8, 4) is 6.07 Å². The number of aliphatic hydroxyl groups excluding tert-OH is 1. The predicted molar refractivity (Wildman–Crippen MR) is 75.3 cm³/mol. The van der Waals surface area contributed by atoms with Crippen molar-refractivity contribution in [2.75, 3.05) is 11.1 Å². The molecule has 0 aromatic heterocycles. The van der Waals surface area contributed by atoms with Crippen LogP contribution < -0.4 is 11.1 Å². The Bertz CT molecular complexity index is 600. The van der Waals surface area contributed by atoms with E-state index in [4.69, 9.17) is 16.1 Å². The van der Waals surface area contributed by atoms with Gasteiger partial charge in [-0.2, -0.15) is 5.26 Å². The fraction of sp³-hybridized carbons (Fsp3) is 0.133. The first-order valence-corrected chi connectivity index (χ1v) is 5.95. The smallest absolute Gasteiger partial charge is 0.101 e. The van der Waals surface area contributed by atoms with Crippen LogP contribution in [0.3, 0.4) is 0 Å². The summed E-state index contributed by atoms with van der Waals surface area (Å²) < 4.78 is 0. The standard InChI is InChI=1S/C15H15N3O/c16-8-13-7-14(5-6-15(13)17)18-9-11-1-3-12(10-19)4-2-11/h1-7,18-19H,9-10,17H2. The van der Waals surface area contributed by atoms with E-state index >= 15 is 0 Å². The number of nitriles is 1. The predicted octanol–water partition coefficient (Wildman–Crippen LogP) is 2.24. The molecule has 0 spiro atoms. The summed E-state index contributed by atoms with van der Waals surface area (Å²) in [6.45, 7) is 0.706. The van der Waals surface area contributed by atoms with Crippen molar-refractivity contribution in [2.45, 2.75) is 13.2 Å². The number of nitrogens with two attached hydrogens (primary N) is 1. The SMILES string of the molecule is N#Cc1cc(NCc2ccc(CO)cc2)ccc1N. The zero-order chi connectivity index (χ0) is 13.7. The minimum absolute atomic E-state index is 0.0528. The van der Waals surface area contributed by atoms with Crippen LogP contribution >= 0.6 is 0 Å². The molecule has 0 bridgehead atoms. The highest BCUT2D eigenvalue weighted by Crippen LogP contribution is 2.17. The lowest BCUT2D eigenvalue weighted by atomic mass is 10.1. The van der Waals surface area contributed by atoms with Crippen molar-refractivity contribution in [1.82, 2.24) is 0 Å². The lowest BCUT2D eigenvalue weighted by Crippen LogP contribution is -2.00. The second-order valence-corrected chi connectivity index (χ2v) is 4.24. The molecule has 2 rings (SSSR count). The van der Waals surface area contributed by atoms with Gasteiger partial charge in [-0.1, -0.05) is 24.3 Å². The first-order valence-electron chi connectivity index (χ1n) is 5.95. The van der Waals surface area contributed by atoms with E-state index in [9.17, 15) is 0 Å². The first kappa shape index (κ1) is 12.9. The molecule has 96 valence electrons. The molecular weight excluding hydrogens is 238 g/mol. The Hall–Kier alpha value is -2.51. The van der Waals surface area contributed by atoms with E-state index in [1.807, 2.05) is 30.3 Å². The number of hydrogen-bond acceptors (Lipinski definition) is 4. The largest absolute Gasteiger partial charge is 0.398 e. The quantitative estimate of drug-likeness (QED) is 0.730. The van der Waals surface area contributed by atoms with E-state index in [0.29, 0.717) is 17.8 Å². The van der Waals surface area contributed by atoms with Gasteiger partial charge >= 0.3 is 0 Å². The summed E-state index contributed by atoms with van der Waals surface area (Å²) >= 11 is 0. The van der Waals surface area contributed by atoms with Crippen molar-refractivity contribution < 1.29 is 5.11 Å². The molecule has 0 unspecified atom stereocenters. The van der Waals surface area contributed by atoms with Crippen molar-refractivity contribution in [1.29, 1.82) is 5.26 Å². The topological polar surface area (TPSA) is 82.1 Å². The number of aliphatic hydroxyl groups is 1. The van der Waals surface area contributed by atoms with E-state index in [0.717, 1.165) is 16.8 Å². The third kappa shape index (κ3) is 3.24. The number of nitrogens with one attached hydrogen (secondary N) is 1. The van der Waals surface area contributed by atoms with E-state index in [2.05, 4.69) is 11.4 Å². The van der Waals surface area contributed by atoms with Gasteiger partial charge in [0.15, 0.2) is 0 Å². The number of anilines is 2. The zero-order valence-electron chi connectivity index (χ0n) is 10.4. The third-order valence-corrected chi connectivity index (χ3v) is 2.88. The van der Waals surface area contributed by atoms with Gasteiger partial charge in [-0.15, -0.1) is 0 Å². The number of nitrogens with zero attached hydrogens (tertiary/aromatic N) is 1. The Morgan fingerprint density at radius 1 is 1.11 bits per heavy atom. The van der Waals surface area contributed by atoms with Crippen LogP contribution in [0.1, 0.15) is 16.7 Å². The van der Waals surface area contributed by atoms with Gasteiger partial charge in [-0.05, 0) is 29.3 Å². The fourth-order valence-corrected chi connectivity index (χ4v) is 1.73. The Labute approximate surface area is 112 Å². The lowest BCUT2D eigenvalue weighted by molar-refractivity contribution is 0.282. The van der Waals surface area contributed by atoms with E-state index in [1.165, 1.54) is 0 Å². The Balaban J connectivity index is 2.04. The summed E-state index contributed by atoms with van der Waals surface area (Å²) in [5, 5.41) is 21.1. The summed E-state index contributed by atoms with van der Waals surface area (Å²) in [6, 6.07) is 15.1. The van der Waals surface area contributed by atoms with Gasteiger partial charge in [-0.25, -0.2) is 0 Å². The average molecular weight is 253 g/mol. The molecule has 4 N–H and O–H groups in total. The van der Waals surface area contributed by atoms with Gasteiger partial charge in [0.05, 0.1) is 12.2 Å². The number of nitrogen functional groups attached to an aromatic ring is 1. The normalized spacial score (nSPS) is 9.89. The molecule has 4 heteroatoms. The molecule has 0 heterocycles. The molecule has 0 aliphatic carbocycles. The molecule has 0 radical (unpaired) electrons. The lowest BCUT2D eigenvalue weighted by Gasteiger charge is -2.08. The van der Waals surface area contributed by atoms with Crippen molar-refractivity contribution >= 4 is 11.4 Å². The maximum Gasteiger partial charge on any atom is 0.101 e. The fourth-order valence-electron chi connectivity index (χ4n) is 1.73. The highest BCUT2D eigenvalue weighted by Gasteiger charge is 2.00. The summed E-state index contributed by atoms with van der Waals surface area (Å²) in [7, 11) is 0. The summed E-state index contributed by atoms with van der Waals surface area (Å²) in [4.78, 5) is 0. The molecule has 4 nitrogen and oxygen atoms in total. The van der Waals surface area contributed by atoms with Gasteiger partial charge in [0.25, 0.3) is 0 Å². The van der Waals surface area contributed by atoms with Crippen molar-refractivity contribution in [2.24, 2.45) is 0 Å². The molecule has 0 amide bonds. The molecule has 0 saturated carbocycles. The summed E-state index contributed by atoms with van der Waals surface area (Å²) in [6.07, 6.45) is 0. The minimum atomic E-state index is 0.0528. The van der Waals surface area contributed by atoms with Crippen molar-refractivity contribution in [3.63, 3.8) is 0 Å². The number of hydrogen-bond donors (Lipinski definition) is 3. The Kier molecular flexibility index (Phi) is 4.01. The summed E-state index contributed by atoms with van der Waals surface area (Å²) in [5.41, 5.74) is 9.48. The van der Waals surface area contributed by atoms with E-state index in [1.54, 1.807) is 12.1 Å². The van der Waals surface area contributed by atoms with E-state index in [-0.39, 0.29) is 6.61 Å². The zero-order valence-corrected chi connectivity index (χ0v) is 10.4. The van der Waals surface area contributed by atoms with Gasteiger partial charge < -0.3 is 16.2 Å². The molecule has 2 aromatic carbocycles. The van der Waals surface area contributed by atoms with E-state index < -0.39 is 0 Å². The average Bonchev–Trinajstić information content (AvgIpc) is 2.47. The highest BCUT2D eigenvalue weighted by molar-refractivity contribution is 5.61. The van der Waals surface area contributed by atoms with Crippen molar-refractivity contribution in [3.05, 3.63) is 59.2 Å². The molecule has 0 aliphatic heterocycles. The molecule has 0 atom stereocenters. The minimum Gasteiger partial charge on any atom is -0.398 e. The molecule has 2 aromatic rings. The monoisotopic (exact) mass is 253 g/mol. The molecule has 19 heavy (non-hydrogen) atoms. The van der Waals surface area contributed by atoms with Gasteiger partial charge in [0.2, 0.25) is 0 Å². The third-order valence-electron chi connectivity index (χ3n) is 2.88. The second-order valence-electron chi connectivity index (χ2n) is 4.24. The van der Waals surface area contributed by atoms with Crippen LogP contribution in [0.4, 0.5) is 11.4 Å². The van der Waals surface area contributed by atoms with Crippen LogP contribution in [0, 0.1) is 11.3 Å². The van der Waals surface area contributed by atoms with Crippen LogP contribution in [0.5, 0.6) is 0 Å². The molecular formula is C15H15N3O. The first-order chi connectivity index (χ1) is 9.22. The number of rotatable bonds is 4. The van der Waals surface area contributed by atoms with Gasteiger partial charge in [0, 0.05) is 17.9 Å². The summed E-state index contributed by atoms with van der Waals surface area (Å²) in [5.74, 6) is 0. The second kappa shape index (κ2) is 5.89. The van der Waals surface area contributed by atoms with Gasteiger partial charge in [0.1, 0.15) is 6.07 Å². The van der Waals surface area contributed by atoms with Crippen LogP contribution in [0.2, 0.25) is 0 Å². The maximum absolute atomic E-state index is 8.96. The molecule has 0 fully saturated rings. The van der Waals surface area contributed by atoms with Crippen LogP contribution in [-0.4, -0.2) is 5.11 Å².